The molecule has 13 fully saturated rings. The van der Waals surface area contributed by atoms with Crippen LogP contribution in [0.3, 0.4) is 0 Å². The highest BCUT2D eigenvalue weighted by Gasteiger charge is 2.66. The van der Waals surface area contributed by atoms with Gasteiger partial charge in [-0.25, -0.2) is 4.79 Å². The van der Waals surface area contributed by atoms with E-state index >= 15 is 0 Å². The molecule has 0 aromatic heterocycles. The zero-order chi connectivity index (χ0) is 87.3. The molecule has 0 bridgehead atoms. The number of hydrogen-bond donors (Lipinski definition) is 6. The molecule has 0 spiro atoms. The lowest BCUT2D eigenvalue weighted by Gasteiger charge is -2.61. The van der Waals surface area contributed by atoms with E-state index < -0.39 is 0 Å². The van der Waals surface area contributed by atoms with Gasteiger partial charge in [-0.1, -0.05) is 163 Å². The van der Waals surface area contributed by atoms with Gasteiger partial charge in [-0.15, -0.1) is 0 Å². The fourth-order valence-electron chi connectivity index (χ4n) is 34.7. The van der Waals surface area contributed by atoms with Crippen LogP contribution in [0.5, 0.6) is 0 Å². The van der Waals surface area contributed by atoms with Crippen molar-refractivity contribution in [2.75, 3.05) is 13.2 Å². The van der Waals surface area contributed by atoms with Gasteiger partial charge in [0, 0.05) is 31.4 Å². The molecule has 10 nitrogen and oxygen atoms in total. The number of allylic oxidation sites excluding steroid dienone is 8. The van der Waals surface area contributed by atoms with Gasteiger partial charge in [-0.3, -0.25) is 9.59 Å². The summed E-state index contributed by atoms with van der Waals surface area (Å²) in [5.74, 6) is 16.6. The summed E-state index contributed by atoms with van der Waals surface area (Å²) in [5.41, 5.74) is 11.1. The maximum Gasteiger partial charge on any atom is 0.333 e. The molecule has 16 rings (SSSR count). The van der Waals surface area contributed by atoms with Crippen molar-refractivity contribution < 1.29 is 44.7 Å². The summed E-state index contributed by atoms with van der Waals surface area (Å²) in [7, 11) is 0. The molecule has 13 saturated carbocycles. The fraction of sp³-hybridized carbons (Fsp3) is 0.848. The minimum absolute atomic E-state index is 0. The van der Waals surface area contributed by atoms with Crippen molar-refractivity contribution in [2.45, 2.75) is 420 Å². The number of esters is 1. The van der Waals surface area contributed by atoms with E-state index in [2.05, 4.69) is 145 Å². The summed E-state index contributed by atoms with van der Waals surface area (Å²) < 4.78 is 5.12. The molecule has 16 aliphatic rings. The van der Waals surface area contributed by atoms with E-state index in [1.165, 1.54) is 167 Å². The highest BCUT2D eigenvalue weighted by Crippen LogP contribution is 2.73. The number of carbonyl (C=O) groups excluding carboxylic acids is 3. The summed E-state index contributed by atoms with van der Waals surface area (Å²) in [6, 6.07) is 0. The molecule has 0 aromatic carbocycles. The molecule has 690 valence electrons. The number of amides is 1. The number of carbonyl (C=O) groups is 3. The zero-order valence-corrected chi connectivity index (χ0v) is 80.4. The Kier molecular flexibility index (Phi) is 31.7. The monoisotopic (exact) mass is 1690 g/mol. The van der Waals surface area contributed by atoms with Gasteiger partial charge in [0.15, 0.2) is 0 Å². The number of hydrogen-bond acceptors (Lipinski definition) is 9. The number of aliphatic hydroxyl groups is 5. The molecule has 16 aliphatic carbocycles. The van der Waals surface area contributed by atoms with E-state index in [4.69, 9.17) is 4.74 Å². The summed E-state index contributed by atoms with van der Waals surface area (Å²) >= 11 is 0. The van der Waals surface area contributed by atoms with Crippen LogP contribution in [-0.2, 0) is 19.1 Å². The topological polar surface area (TPSA) is 174 Å². The van der Waals surface area contributed by atoms with Crippen molar-refractivity contribution in [2.24, 2.45) is 168 Å². The molecule has 122 heavy (non-hydrogen) atoms. The Morgan fingerprint density at radius 1 is 0.459 bits per heavy atom. The van der Waals surface area contributed by atoms with Crippen LogP contribution in [0.4, 0.5) is 0 Å². The predicted molar refractivity (Wildman–Crippen MR) is 504 cm³/mol. The number of fused-ring (bicyclic) bond motifs is 20. The van der Waals surface area contributed by atoms with Crippen LogP contribution >= 0.6 is 0 Å². The van der Waals surface area contributed by atoms with Crippen LogP contribution in [0, 0.1) is 168 Å². The van der Waals surface area contributed by atoms with Crippen molar-refractivity contribution in [1.82, 2.24) is 5.32 Å². The van der Waals surface area contributed by atoms with Crippen molar-refractivity contribution in [3.8, 4) is 0 Å². The maximum atomic E-state index is 12.1. The smallest absolute Gasteiger partial charge is 0.333 e. The van der Waals surface area contributed by atoms with Crippen LogP contribution in [0.2, 0.25) is 0 Å². The van der Waals surface area contributed by atoms with Crippen LogP contribution in [-0.4, -0.2) is 80.8 Å². The minimum Gasteiger partial charge on any atom is -0.508 e. The van der Waals surface area contributed by atoms with Gasteiger partial charge in [-0.05, 0) is 452 Å². The van der Waals surface area contributed by atoms with Gasteiger partial charge >= 0.3 is 5.97 Å². The van der Waals surface area contributed by atoms with Crippen molar-refractivity contribution in [3.05, 3.63) is 82.2 Å². The van der Waals surface area contributed by atoms with Gasteiger partial charge < -0.3 is 35.6 Å². The molecule has 33 atom stereocenters. The number of nitrogens with one attached hydrogen (secondary N) is 1. The molecule has 6 N–H and O–H groups in total. The zero-order valence-electron chi connectivity index (χ0n) is 80.4. The largest absolute Gasteiger partial charge is 0.508 e. The Hall–Kier alpha value is -3.57. The number of aliphatic hydroxyl groups excluding tert-OH is 5. The van der Waals surface area contributed by atoms with Crippen molar-refractivity contribution >= 4 is 17.7 Å². The highest BCUT2D eigenvalue weighted by atomic mass is 16.5. The summed E-state index contributed by atoms with van der Waals surface area (Å²) in [4.78, 5) is 36.0. The Bertz CT molecular complexity index is 3800. The molecule has 0 aromatic rings. The van der Waals surface area contributed by atoms with Crippen LogP contribution in [0.15, 0.2) is 82.2 Å². The Morgan fingerprint density at radius 2 is 0.820 bits per heavy atom. The number of Topliss-reactive ketones (excluding diaryl/α,β-unsaturated/α-hetero) is 1. The number of rotatable bonds is 21. The lowest BCUT2D eigenvalue weighted by molar-refractivity contribution is -0.166. The van der Waals surface area contributed by atoms with Gasteiger partial charge in [0.05, 0.1) is 31.0 Å². The third kappa shape index (κ3) is 18.9. The summed E-state index contributed by atoms with van der Waals surface area (Å²) in [6.07, 6.45) is 62.0. The first-order chi connectivity index (χ1) is 57.4. The average molecular weight is 1690 g/mol. The SMILES string of the molecule is C.C=C(O)/C(C)=C/CCC(C)C1CCC2C3CC=C4CC(O)CCC4(C)C3CCC12C.CC/C(C)=C/CCC(C)C1CCC2C3CC=C4CC(O)CCC4(C)C3CCC12C.CCNC(=O)CCC(C)C1CCC2C3C[C@H](O)[C@@H]4CC(=O)CCC4(C)C3CCC12C.CCOC(=O)/C(C)=C/CCC(C)C1CCC2C3CC=C4CC(O)CCC4(C)C3CCC12C. The normalized spacial score (nSPS) is 44.4. The van der Waals surface area contributed by atoms with E-state index in [1.54, 1.807) is 22.3 Å². The van der Waals surface area contributed by atoms with Crippen molar-refractivity contribution in [1.29, 1.82) is 0 Å². The summed E-state index contributed by atoms with van der Waals surface area (Å²) in [5, 5.41) is 54.3. The molecule has 31 unspecified atom stereocenters. The molecule has 0 radical (unpaired) electrons. The second kappa shape index (κ2) is 39.6. The fourth-order valence-corrected chi connectivity index (χ4v) is 34.7. The standard InChI is InChI=1S/C29H46O3.C28H44O2.C28H46O.C26H43NO3.CH4/c1-6-32-27(31)20(3)9-7-8-19(2)24-12-13-25-23-11-10-21-18-22(30)14-16-28(21,4)26(23)15-17-29(24,25)5;1-18(20(3)29)7-6-8-19(2)24-11-12-25-23-10-9-21-17-22(30)13-15-27(21,4)26(23)14-16-28(24,25)5;1-6-19(2)8-7-9-20(3)24-12-13-25-23-11-10-21-18-22(29)14-16-27(21,4)26(23)15-17-28(24,25)5;1-5-27-24(30)9-6-16(2)19-7-8-20-18-15-23(29)22-14-17(28)10-12-26(22,4)21(18)11-13-25(19,20)3;/h9-10,19,22-26,30H,6-8,11-18H2,1-5H3;7,9,19,22-26,29-30H,3,6,8,10-17H2,1-2,4-5H3;8,10,20,22-26,29H,6-7,9,11-18H2,1-5H3;16,18-23,29H,5-15H2,1-4H3,(H,27,30);1H4/b20-9+;18-7+;19-8+;;/t;;;16?,18?,19?,20?,21?,22-,23-,25?,26?;/m...0./s1. The molecule has 0 heterocycles. The van der Waals surface area contributed by atoms with Crippen LogP contribution in [0.1, 0.15) is 395 Å². The number of ketones is 1. The Labute approximate surface area is 745 Å². The van der Waals surface area contributed by atoms with Gasteiger partial charge in [0.25, 0.3) is 0 Å². The van der Waals surface area contributed by atoms with Gasteiger partial charge in [-0.2, -0.15) is 0 Å². The second-order valence-electron chi connectivity index (χ2n) is 47.4. The molecule has 10 heteroatoms. The van der Waals surface area contributed by atoms with Crippen molar-refractivity contribution in [3.63, 3.8) is 0 Å². The van der Waals surface area contributed by atoms with E-state index in [0.29, 0.717) is 112 Å². The highest BCUT2D eigenvalue weighted by molar-refractivity contribution is 5.87. The lowest BCUT2D eigenvalue weighted by atomic mass is 9.44. The van der Waals surface area contributed by atoms with Crippen LogP contribution in [0.25, 0.3) is 0 Å². The maximum absolute atomic E-state index is 12.1. The second-order valence-corrected chi connectivity index (χ2v) is 47.4. The van der Waals surface area contributed by atoms with E-state index in [0.717, 1.165) is 171 Å². The van der Waals surface area contributed by atoms with Gasteiger partial charge in [0.1, 0.15) is 11.5 Å². The Morgan fingerprint density at radius 3 is 1.20 bits per heavy atom. The molecule has 0 aliphatic heterocycles. The molecular formula is C112H183NO9. The number of ether oxygens (including phenoxy) is 1. The Balaban J connectivity index is 0.000000148. The molecular weight excluding hydrogens is 1500 g/mol. The van der Waals surface area contributed by atoms with Gasteiger partial charge in [0.2, 0.25) is 5.91 Å². The van der Waals surface area contributed by atoms with E-state index in [9.17, 15) is 39.9 Å². The minimum atomic E-state index is -0.308. The van der Waals surface area contributed by atoms with E-state index in [1.807, 2.05) is 27.7 Å². The first kappa shape index (κ1) is 97.5. The third-order valence-corrected chi connectivity index (χ3v) is 41.8. The predicted octanol–water partition coefficient (Wildman–Crippen LogP) is 27.3. The quantitative estimate of drug-likeness (QED) is 0.0215. The third-order valence-electron chi connectivity index (χ3n) is 41.8. The molecule has 0 saturated heterocycles. The summed E-state index contributed by atoms with van der Waals surface area (Å²) in [6.45, 7) is 47.4. The first-order valence-electron chi connectivity index (χ1n) is 51.5. The average Bonchev–Trinajstić information content (AvgIpc) is 1.53. The van der Waals surface area contributed by atoms with Crippen LogP contribution < -0.4 is 5.32 Å². The lowest BCUT2D eigenvalue weighted by Crippen LogP contribution is -2.58. The first-order valence-corrected chi connectivity index (χ1v) is 51.5. The van der Waals surface area contributed by atoms with E-state index in [-0.39, 0.29) is 60.8 Å². The molecule has 1 amide bonds.